The van der Waals surface area contributed by atoms with Crippen LogP contribution in [-0.2, 0) is 14.3 Å². The standard InChI is InChI=1S/C10H14O3/c1-6(2)8-4-9(12)7(3)10(8)13-5-11/h5,7-8,10H,1,4H2,2-3H3/t7-,8+,10+/m0/s1. The van der Waals surface area contributed by atoms with Crippen molar-refractivity contribution in [2.45, 2.75) is 26.4 Å². The summed E-state index contributed by atoms with van der Waals surface area (Å²) in [5, 5.41) is 0. The molecule has 13 heavy (non-hydrogen) atoms. The second-order valence-electron chi connectivity index (χ2n) is 3.61. The van der Waals surface area contributed by atoms with Gasteiger partial charge >= 0.3 is 0 Å². The minimum atomic E-state index is -0.303. The third kappa shape index (κ3) is 1.79. The Hall–Kier alpha value is -1.12. The summed E-state index contributed by atoms with van der Waals surface area (Å²) in [5.41, 5.74) is 0.907. The summed E-state index contributed by atoms with van der Waals surface area (Å²) in [6.45, 7) is 7.85. The second kappa shape index (κ2) is 3.73. The van der Waals surface area contributed by atoms with Crippen LogP contribution in [0.2, 0.25) is 0 Å². The maximum atomic E-state index is 11.3. The van der Waals surface area contributed by atoms with Crippen molar-refractivity contribution in [3.05, 3.63) is 12.2 Å². The van der Waals surface area contributed by atoms with E-state index in [1.54, 1.807) is 6.92 Å². The number of carbonyl (C=O) groups excluding carboxylic acids is 2. The van der Waals surface area contributed by atoms with E-state index in [4.69, 9.17) is 4.74 Å². The zero-order chi connectivity index (χ0) is 10.0. The molecule has 3 heteroatoms. The van der Waals surface area contributed by atoms with Crippen LogP contribution in [-0.4, -0.2) is 18.4 Å². The van der Waals surface area contributed by atoms with Crippen molar-refractivity contribution in [1.29, 1.82) is 0 Å². The van der Waals surface area contributed by atoms with Crippen LogP contribution < -0.4 is 0 Å². The highest BCUT2D eigenvalue weighted by atomic mass is 16.5. The molecule has 0 spiro atoms. The number of hydrogen-bond donors (Lipinski definition) is 0. The molecule has 0 saturated heterocycles. The first-order valence-electron chi connectivity index (χ1n) is 4.35. The predicted molar refractivity (Wildman–Crippen MR) is 48.0 cm³/mol. The summed E-state index contributed by atoms with van der Waals surface area (Å²) >= 11 is 0. The fourth-order valence-corrected chi connectivity index (χ4v) is 1.78. The molecule has 1 aliphatic carbocycles. The monoisotopic (exact) mass is 182 g/mol. The van der Waals surface area contributed by atoms with Gasteiger partial charge in [-0.3, -0.25) is 9.59 Å². The molecule has 0 bridgehead atoms. The van der Waals surface area contributed by atoms with Crippen molar-refractivity contribution >= 4 is 12.3 Å². The van der Waals surface area contributed by atoms with E-state index in [1.165, 1.54) is 0 Å². The van der Waals surface area contributed by atoms with Gasteiger partial charge in [0.05, 0.1) is 5.92 Å². The summed E-state index contributed by atoms with van der Waals surface area (Å²) in [6.07, 6.45) is 0.150. The Morgan fingerprint density at radius 1 is 1.69 bits per heavy atom. The summed E-state index contributed by atoms with van der Waals surface area (Å²) in [5.74, 6) is -0.0283. The molecule has 0 N–H and O–H groups in total. The molecule has 0 unspecified atom stereocenters. The average molecular weight is 182 g/mol. The van der Waals surface area contributed by atoms with Gasteiger partial charge in [-0.05, 0) is 6.92 Å². The first-order chi connectivity index (χ1) is 6.07. The van der Waals surface area contributed by atoms with Crippen LogP contribution in [0.4, 0.5) is 0 Å². The van der Waals surface area contributed by atoms with Crippen molar-refractivity contribution < 1.29 is 14.3 Å². The van der Waals surface area contributed by atoms with Crippen LogP contribution in [0.1, 0.15) is 20.3 Å². The van der Waals surface area contributed by atoms with Crippen LogP contribution in [0.15, 0.2) is 12.2 Å². The molecule has 0 aromatic carbocycles. The zero-order valence-electron chi connectivity index (χ0n) is 7.95. The molecule has 1 aliphatic rings. The summed E-state index contributed by atoms with van der Waals surface area (Å²) < 4.78 is 4.90. The minimum absolute atomic E-state index is 0.00713. The van der Waals surface area contributed by atoms with Gasteiger partial charge in [0, 0.05) is 12.3 Å². The summed E-state index contributed by atoms with van der Waals surface area (Å²) in [7, 11) is 0. The van der Waals surface area contributed by atoms with E-state index in [1.807, 2.05) is 6.92 Å². The smallest absolute Gasteiger partial charge is 0.293 e. The van der Waals surface area contributed by atoms with Gasteiger partial charge in [-0.15, -0.1) is 0 Å². The minimum Gasteiger partial charge on any atom is -0.463 e. The van der Waals surface area contributed by atoms with E-state index < -0.39 is 0 Å². The average Bonchev–Trinajstić information content (AvgIpc) is 2.33. The molecule has 0 amide bonds. The fourth-order valence-electron chi connectivity index (χ4n) is 1.78. The second-order valence-corrected chi connectivity index (χ2v) is 3.61. The van der Waals surface area contributed by atoms with E-state index in [0.717, 1.165) is 5.57 Å². The number of rotatable bonds is 3. The van der Waals surface area contributed by atoms with Crippen molar-refractivity contribution in [3.63, 3.8) is 0 Å². The molecule has 0 aliphatic heterocycles. The number of hydrogen-bond acceptors (Lipinski definition) is 3. The number of carbonyl (C=O) groups is 2. The summed E-state index contributed by atoms with van der Waals surface area (Å²) in [4.78, 5) is 21.6. The number of Topliss-reactive ketones (excluding diaryl/α,β-unsaturated/α-hetero) is 1. The lowest BCUT2D eigenvalue weighted by molar-refractivity contribution is -0.137. The maximum Gasteiger partial charge on any atom is 0.293 e. The van der Waals surface area contributed by atoms with Gasteiger partial charge in [-0.1, -0.05) is 19.1 Å². The van der Waals surface area contributed by atoms with Crippen molar-refractivity contribution in [3.8, 4) is 0 Å². The largest absolute Gasteiger partial charge is 0.463 e. The lowest BCUT2D eigenvalue weighted by atomic mass is 9.96. The first kappa shape index (κ1) is 9.96. The molecular formula is C10H14O3. The zero-order valence-corrected chi connectivity index (χ0v) is 7.95. The molecule has 1 fully saturated rings. The van der Waals surface area contributed by atoms with Crippen molar-refractivity contribution in [2.24, 2.45) is 11.8 Å². The van der Waals surface area contributed by atoms with Gasteiger partial charge < -0.3 is 4.74 Å². The molecule has 0 heterocycles. The van der Waals surface area contributed by atoms with Gasteiger partial charge in [0.15, 0.2) is 0 Å². The molecule has 1 rings (SSSR count). The van der Waals surface area contributed by atoms with Gasteiger partial charge in [0.1, 0.15) is 11.9 Å². The SMILES string of the molecule is C=C(C)[C@H]1CC(=O)[C@H](C)[C@H]1OC=O. The van der Waals surface area contributed by atoms with Gasteiger partial charge in [0.2, 0.25) is 0 Å². The molecule has 0 aromatic heterocycles. The van der Waals surface area contributed by atoms with Gasteiger partial charge in [0.25, 0.3) is 6.47 Å². The Kier molecular flexibility index (Phi) is 2.86. The predicted octanol–water partition coefficient (Wildman–Crippen LogP) is 1.33. The Morgan fingerprint density at radius 3 is 2.77 bits per heavy atom. The molecule has 3 nitrogen and oxygen atoms in total. The van der Waals surface area contributed by atoms with Crippen LogP contribution in [0.5, 0.6) is 0 Å². The molecule has 3 atom stereocenters. The Morgan fingerprint density at radius 2 is 2.31 bits per heavy atom. The topological polar surface area (TPSA) is 43.4 Å². The fraction of sp³-hybridized carbons (Fsp3) is 0.600. The Balaban J connectivity index is 2.79. The normalized spacial score (nSPS) is 33.1. The van der Waals surface area contributed by atoms with E-state index in [0.29, 0.717) is 12.9 Å². The lowest BCUT2D eigenvalue weighted by Crippen LogP contribution is -2.24. The summed E-state index contributed by atoms with van der Waals surface area (Å²) in [6, 6.07) is 0. The van der Waals surface area contributed by atoms with Crippen LogP contribution in [0.25, 0.3) is 0 Å². The van der Waals surface area contributed by atoms with Crippen LogP contribution >= 0.6 is 0 Å². The third-order valence-electron chi connectivity index (χ3n) is 2.66. The Bertz CT molecular complexity index is 245. The highest BCUT2D eigenvalue weighted by molar-refractivity contribution is 5.84. The van der Waals surface area contributed by atoms with Crippen LogP contribution in [0, 0.1) is 11.8 Å². The van der Waals surface area contributed by atoms with Gasteiger partial charge in [-0.2, -0.15) is 0 Å². The molecule has 72 valence electrons. The highest BCUT2D eigenvalue weighted by Crippen LogP contribution is 2.34. The van der Waals surface area contributed by atoms with E-state index in [9.17, 15) is 9.59 Å². The van der Waals surface area contributed by atoms with E-state index >= 15 is 0 Å². The third-order valence-corrected chi connectivity index (χ3v) is 2.66. The lowest BCUT2D eigenvalue weighted by Gasteiger charge is -2.19. The van der Waals surface area contributed by atoms with E-state index in [2.05, 4.69) is 6.58 Å². The molecule has 0 aromatic rings. The quantitative estimate of drug-likeness (QED) is 0.488. The van der Waals surface area contributed by atoms with Crippen LogP contribution in [0.3, 0.4) is 0 Å². The number of ether oxygens (including phenoxy) is 1. The molecule has 0 radical (unpaired) electrons. The Labute approximate surface area is 77.8 Å². The first-order valence-corrected chi connectivity index (χ1v) is 4.35. The molecule has 1 saturated carbocycles. The highest BCUT2D eigenvalue weighted by Gasteiger charge is 2.41. The van der Waals surface area contributed by atoms with Gasteiger partial charge in [-0.25, -0.2) is 0 Å². The van der Waals surface area contributed by atoms with Crippen molar-refractivity contribution in [2.75, 3.05) is 0 Å². The maximum absolute atomic E-state index is 11.3. The number of ketones is 1. The van der Waals surface area contributed by atoms with Crippen molar-refractivity contribution in [1.82, 2.24) is 0 Å². The van der Waals surface area contributed by atoms with E-state index in [-0.39, 0.29) is 23.7 Å². The molecular weight excluding hydrogens is 168 g/mol.